The lowest BCUT2D eigenvalue weighted by atomic mass is 10.3. The van der Waals surface area contributed by atoms with Crippen molar-refractivity contribution in [2.24, 2.45) is 0 Å². The van der Waals surface area contributed by atoms with E-state index < -0.39 is 10.0 Å². The first-order valence-electron chi connectivity index (χ1n) is 6.43. The number of anilines is 1. The fourth-order valence-electron chi connectivity index (χ4n) is 1.72. The zero-order chi connectivity index (χ0) is 16.3. The first-order valence-corrected chi connectivity index (χ1v) is 8.25. The predicted molar refractivity (Wildman–Crippen MR) is 84.9 cm³/mol. The summed E-state index contributed by atoms with van der Waals surface area (Å²) in [5.41, 5.74) is 0.705. The predicted octanol–water partition coefficient (Wildman–Crippen LogP) is 2.80. The smallest absolute Gasteiger partial charge is 0.275 e. The summed E-state index contributed by atoms with van der Waals surface area (Å²) >= 11 is 6.12. The van der Waals surface area contributed by atoms with Crippen molar-refractivity contribution in [1.29, 1.82) is 0 Å². The van der Waals surface area contributed by atoms with Gasteiger partial charge in [-0.2, -0.15) is 0 Å². The molecule has 2 aromatic rings. The van der Waals surface area contributed by atoms with E-state index in [1.807, 2.05) is 0 Å². The van der Waals surface area contributed by atoms with E-state index in [2.05, 4.69) is 5.32 Å². The highest BCUT2D eigenvalue weighted by Gasteiger charge is 2.21. The quantitative estimate of drug-likeness (QED) is 0.872. The van der Waals surface area contributed by atoms with E-state index >= 15 is 0 Å². The number of sulfonamides is 1. The molecule has 2 rings (SSSR count). The van der Waals surface area contributed by atoms with Gasteiger partial charge in [-0.05, 0) is 24.3 Å². The molecule has 0 bridgehead atoms. The monoisotopic (exact) mass is 344 g/mol. The zero-order valence-corrected chi connectivity index (χ0v) is 14.0. The number of nitrogens with zero attached hydrogens (tertiary/aromatic N) is 1. The van der Waals surface area contributed by atoms with Crippen LogP contribution in [0.1, 0.15) is 5.76 Å². The summed E-state index contributed by atoms with van der Waals surface area (Å²) in [5, 5.41) is 3.50. The molecule has 22 heavy (non-hydrogen) atoms. The molecule has 0 aliphatic rings. The lowest BCUT2D eigenvalue weighted by molar-refractivity contribution is 0.402. The number of furan rings is 1. The van der Waals surface area contributed by atoms with E-state index in [9.17, 15) is 8.42 Å². The Bertz CT molecular complexity index is 756. The molecule has 1 aromatic carbocycles. The molecule has 1 N–H and O–H groups in total. The van der Waals surface area contributed by atoms with Crippen LogP contribution in [-0.4, -0.2) is 33.9 Å². The number of hydrogen-bond acceptors (Lipinski definition) is 5. The van der Waals surface area contributed by atoms with Crippen molar-refractivity contribution in [3.8, 4) is 5.75 Å². The number of halogens is 1. The summed E-state index contributed by atoms with van der Waals surface area (Å²) in [6.45, 7) is 0.314. The van der Waals surface area contributed by atoms with Gasteiger partial charge >= 0.3 is 0 Å². The van der Waals surface area contributed by atoms with E-state index in [4.69, 9.17) is 20.8 Å². The van der Waals surface area contributed by atoms with Crippen LogP contribution in [-0.2, 0) is 16.6 Å². The Balaban J connectivity index is 2.09. The van der Waals surface area contributed by atoms with Crippen LogP contribution in [0.4, 0.5) is 5.69 Å². The first kappa shape index (κ1) is 16.7. The maximum atomic E-state index is 11.9. The van der Waals surface area contributed by atoms with Crippen molar-refractivity contribution in [2.75, 3.05) is 26.5 Å². The van der Waals surface area contributed by atoms with Gasteiger partial charge in [-0.15, -0.1) is 0 Å². The maximum Gasteiger partial charge on any atom is 0.275 e. The van der Waals surface area contributed by atoms with Gasteiger partial charge in [0.2, 0.25) is 5.09 Å². The van der Waals surface area contributed by atoms with Gasteiger partial charge < -0.3 is 14.5 Å². The van der Waals surface area contributed by atoms with Crippen molar-refractivity contribution < 1.29 is 17.6 Å². The van der Waals surface area contributed by atoms with Crippen LogP contribution in [0.5, 0.6) is 5.75 Å². The average Bonchev–Trinajstić information content (AvgIpc) is 2.95. The number of ether oxygens (including phenoxy) is 1. The van der Waals surface area contributed by atoms with Crippen molar-refractivity contribution in [3.63, 3.8) is 0 Å². The summed E-state index contributed by atoms with van der Waals surface area (Å²) < 4.78 is 35.4. The number of methoxy groups -OCH3 is 1. The molecule has 6 nitrogen and oxygen atoms in total. The minimum atomic E-state index is -3.56. The number of benzene rings is 1. The Morgan fingerprint density at radius 1 is 1.27 bits per heavy atom. The van der Waals surface area contributed by atoms with Gasteiger partial charge in [0.25, 0.3) is 10.0 Å². The van der Waals surface area contributed by atoms with E-state index in [0.717, 1.165) is 4.31 Å². The van der Waals surface area contributed by atoms with Gasteiger partial charge in [0, 0.05) is 20.2 Å². The lowest BCUT2D eigenvalue weighted by Crippen LogP contribution is -2.21. The average molecular weight is 345 g/mol. The molecule has 0 unspecified atom stereocenters. The summed E-state index contributed by atoms with van der Waals surface area (Å²) in [6.07, 6.45) is 0. The van der Waals surface area contributed by atoms with Crippen molar-refractivity contribution in [2.45, 2.75) is 11.6 Å². The van der Waals surface area contributed by atoms with Gasteiger partial charge in [-0.3, -0.25) is 0 Å². The number of nitrogens with one attached hydrogen (secondary N) is 1. The van der Waals surface area contributed by atoms with Crippen LogP contribution in [0, 0.1) is 0 Å². The minimum Gasteiger partial charge on any atom is -0.497 e. The highest BCUT2D eigenvalue weighted by atomic mass is 35.5. The largest absolute Gasteiger partial charge is 0.497 e. The number of hydrogen-bond donors (Lipinski definition) is 1. The van der Waals surface area contributed by atoms with Crippen molar-refractivity contribution >= 4 is 27.3 Å². The Morgan fingerprint density at radius 3 is 2.59 bits per heavy atom. The molecule has 0 fully saturated rings. The van der Waals surface area contributed by atoms with E-state index in [0.29, 0.717) is 28.8 Å². The molecule has 0 aliphatic carbocycles. The van der Waals surface area contributed by atoms with E-state index in [-0.39, 0.29) is 5.09 Å². The van der Waals surface area contributed by atoms with Crippen molar-refractivity contribution in [3.05, 3.63) is 41.1 Å². The third-order valence-electron chi connectivity index (χ3n) is 3.00. The van der Waals surface area contributed by atoms with Gasteiger partial charge in [0.1, 0.15) is 11.5 Å². The molecule has 1 heterocycles. The third-order valence-corrected chi connectivity index (χ3v) is 5.00. The Hall–Kier alpha value is -1.70. The van der Waals surface area contributed by atoms with Crippen LogP contribution in [0.15, 0.2) is 39.8 Å². The molecule has 0 aliphatic heterocycles. The van der Waals surface area contributed by atoms with Gasteiger partial charge in [-0.25, -0.2) is 12.7 Å². The standard InChI is InChI=1S/C14H17ClN2O4S/c1-17(2)22(18,19)14-7-5-11(21-14)9-16-13-6-4-10(20-3)8-12(13)15/h4-8,16H,9H2,1-3H3. The summed E-state index contributed by atoms with van der Waals surface area (Å²) in [7, 11) is 0.907. The van der Waals surface area contributed by atoms with Crippen LogP contribution in [0.3, 0.4) is 0 Å². The Kier molecular flexibility index (Phi) is 5.00. The molecule has 0 atom stereocenters. The molecule has 8 heteroatoms. The van der Waals surface area contributed by atoms with Crippen LogP contribution in [0.25, 0.3) is 0 Å². The van der Waals surface area contributed by atoms with Gasteiger partial charge in [-0.1, -0.05) is 11.6 Å². The van der Waals surface area contributed by atoms with E-state index in [1.54, 1.807) is 31.4 Å². The van der Waals surface area contributed by atoms with Crippen LogP contribution < -0.4 is 10.1 Å². The molecule has 0 spiro atoms. The highest BCUT2D eigenvalue weighted by Crippen LogP contribution is 2.27. The fraction of sp³-hybridized carbons (Fsp3) is 0.286. The summed E-state index contributed by atoms with van der Waals surface area (Å²) in [6, 6.07) is 8.29. The molecule has 0 radical (unpaired) electrons. The minimum absolute atomic E-state index is 0.0878. The highest BCUT2D eigenvalue weighted by molar-refractivity contribution is 7.88. The summed E-state index contributed by atoms with van der Waals surface area (Å²) in [4.78, 5) is 0. The van der Waals surface area contributed by atoms with Crippen LogP contribution >= 0.6 is 11.6 Å². The molecular weight excluding hydrogens is 328 g/mol. The lowest BCUT2D eigenvalue weighted by Gasteiger charge is -2.09. The van der Waals surface area contributed by atoms with Gasteiger partial charge in [0.15, 0.2) is 0 Å². The topological polar surface area (TPSA) is 71.8 Å². The molecule has 0 amide bonds. The second-order valence-corrected chi connectivity index (χ2v) is 7.20. The van der Waals surface area contributed by atoms with Crippen molar-refractivity contribution in [1.82, 2.24) is 4.31 Å². The van der Waals surface area contributed by atoms with Crippen LogP contribution in [0.2, 0.25) is 5.02 Å². The normalized spacial score (nSPS) is 11.7. The fourth-order valence-corrected chi connectivity index (χ4v) is 2.77. The molecule has 120 valence electrons. The third kappa shape index (κ3) is 3.55. The molecule has 0 saturated heterocycles. The summed E-state index contributed by atoms with van der Waals surface area (Å²) in [5.74, 6) is 1.15. The van der Waals surface area contributed by atoms with E-state index in [1.165, 1.54) is 20.2 Å². The second kappa shape index (κ2) is 6.60. The SMILES string of the molecule is COc1ccc(NCc2ccc(S(=O)(=O)N(C)C)o2)c(Cl)c1. The second-order valence-electron chi connectivity index (χ2n) is 4.71. The molecule has 1 aromatic heterocycles. The Morgan fingerprint density at radius 2 is 2.00 bits per heavy atom. The zero-order valence-electron chi connectivity index (χ0n) is 12.5. The van der Waals surface area contributed by atoms with Gasteiger partial charge in [0.05, 0.1) is 24.4 Å². The maximum absolute atomic E-state index is 11.9. The first-order chi connectivity index (χ1) is 10.3. The Labute approximate surface area is 134 Å². The molecular formula is C14H17ClN2O4S. The molecule has 0 saturated carbocycles. The number of rotatable bonds is 6.